The fourth-order valence-electron chi connectivity index (χ4n) is 1.91. The fourth-order valence-corrected chi connectivity index (χ4v) is 2.46. The number of hydrogen-bond donors (Lipinski definition) is 2. The lowest BCUT2D eigenvalue weighted by atomic mass is 10.0. The number of nitrogens with zero attached hydrogens (tertiary/aromatic N) is 2. The van der Waals surface area contributed by atoms with E-state index in [4.69, 9.17) is 23.2 Å². The first kappa shape index (κ1) is 14.3. The summed E-state index contributed by atoms with van der Waals surface area (Å²) in [7, 11) is 0. The molecule has 0 radical (unpaired) electrons. The van der Waals surface area contributed by atoms with E-state index in [1.807, 2.05) is 18.2 Å². The van der Waals surface area contributed by atoms with Crippen molar-refractivity contribution in [1.82, 2.24) is 20.7 Å². The SMILES string of the molecule is CCCNC(Cc1c(Cl)cccc1Cl)c1cn[nH]n1. The summed E-state index contributed by atoms with van der Waals surface area (Å²) in [6, 6.07) is 5.60. The third-order valence-electron chi connectivity index (χ3n) is 2.90. The van der Waals surface area contributed by atoms with Crippen LogP contribution in [0.25, 0.3) is 0 Å². The third-order valence-corrected chi connectivity index (χ3v) is 3.61. The van der Waals surface area contributed by atoms with Gasteiger partial charge in [0.2, 0.25) is 0 Å². The summed E-state index contributed by atoms with van der Waals surface area (Å²) in [5.74, 6) is 0. The standard InChI is InChI=1S/C13H16Cl2N4/c1-2-6-16-12(13-8-17-19-18-13)7-9-10(14)4-3-5-11(9)15/h3-5,8,12,16H,2,6-7H2,1H3,(H,17,18,19). The molecule has 0 saturated heterocycles. The Morgan fingerprint density at radius 1 is 1.32 bits per heavy atom. The molecule has 1 unspecified atom stereocenters. The summed E-state index contributed by atoms with van der Waals surface area (Å²) >= 11 is 12.4. The molecule has 0 fully saturated rings. The van der Waals surface area contributed by atoms with E-state index in [1.54, 1.807) is 6.20 Å². The molecule has 0 aliphatic heterocycles. The maximum absolute atomic E-state index is 6.21. The van der Waals surface area contributed by atoms with Crippen molar-refractivity contribution in [2.24, 2.45) is 0 Å². The summed E-state index contributed by atoms with van der Waals surface area (Å²) in [4.78, 5) is 0. The van der Waals surface area contributed by atoms with Crippen LogP contribution in [-0.2, 0) is 6.42 Å². The Labute approximate surface area is 122 Å². The van der Waals surface area contributed by atoms with Gasteiger partial charge in [-0.15, -0.1) is 0 Å². The van der Waals surface area contributed by atoms with Crippen LogP contribution in [0, 0.1) is 0 Å². The number of H-pyrrole nitrogens is 1. The van der Waals surface area contributed by atoms with Gasteiger partial charge < -0.3 is 5.32 Å². The van der Waals surface area contributed by atoms with Crippen molar-refractivity contribution in [3.8, 4) is 0 Å². The van der Waals surface area contributed by atoms with Gasteiger partial charge >= 0.3 is 0 Å². The van der Waals surface area contributed by atoms with Gasteiger partial charge in [0.05, 0.1) is 17.9 Å². The lowest BCUT2D eigenvalue weighted by Gasteiger charge is -2.17. The predicted octanol–water partition coefficient (Wildman–Crippen LogP) is 3.39. The second-order valence-corrected chi connectivity index (χ2v) is 5.12. The minimum absolute atomic E-state index is 0.0519. The molecule has 19 heavy (non-hydrogen) atoms. The Hall–Kier alpha value is -1.10. The highest BCUT2D eigenvalue weighted by atomic mass is 35.5. The molecule has 0 aliphatic rings. The summed E-state index contributed by atoms with van der Waals surface area (Å²) in [6.45, 7) is 3.02. The van der Waals surface area contributed by atoms with Gasteiger partial charge in [0.1, 0.15) is 0 Å². The number of aromatic amines is 1. The molecule has 102 valence electrons. The minimum Gasteiger partial charge on any atom is -0.308 e. The van der Waals surface area contributed by atoms with E-state index in [9.17, 15) is 0 Å². The highest BCUT2D eigenvalue weighted by molar-refractivity contribution is 6.36. The summed E-state index contributed by atoms with van der Waals surface area (Å²) in [6.07, 6.45) is 3.45. The highest BCUT2D eigenvalue weighted by Gasteiger charge is 2.17. The lowest BCUT2D eigenvalue weighted by Crippen LogP contribution is -2.24. The van der Waals surface area contributed by atoms with Gasteiger partial charge in [0.15, 0.2) is 0 Å². The fraction of sp³-hybridized carbons (Fsp3) is 0.385. The van der Waals surface area contributed by atoms with Crippen LogP contribution in [0.5, 0.6) is 0 Å². The molecule has 1 heterocycles. The van der Waals surface area contributed by atoms with Crippen molar-refractivity contribution in [2.75, 3.05) is 6.54 Å². The molecule has 4 nitrogen and oxygen atoms in total. The molecule has 0 spiro atoms. The van der Waals surface area contributed by atoms with Gasteiger partial charge in [-0.3, -0.25) is 0 Å². The van der Waals surface area contributed by atoms with Crippen molar-refractivity contribution in [3.63, 3.8) is 0 Å². The molecule has 1 aromatic carbocycles. The van der Waals surface area contributed by atoms with Gasteiger partial charge in [0, 0.05) is 10.0 Å². The Bertz CT molecular complexity index is 493. The molecule has 0 aliphatic carbocycles. The average Bonchev–Trinajstić information content (AvgIpc) is 2.91. The van der Waals surface area contributed by atoms with Gasteiger partial charge in [-0.25, -0.2) is 0 Å². The van der Waals surface area contributed by atoms with Crippen LogP contribution >= 0.6 is 23.2 Å². The van der Waals surface area contributed by atoms with E-state index in [0.29, 0.717) is 16.5 Å². The molecule has 1 atom stereocenters. The molecule has 1 aromatic heterocycles. The Balaban J connectivity index is 2.20. The lowest BCUT2D eigenvalue weighted by molar-refractivity contribution is 0.517. The topological polar surface area (TPSA) is 53.6 Å². The Morgan fingerprint density at radius 3 is 2.63 bits per heavy atom. The van der Waals surface area contributed by atoms with Crippen LogP contribution in [0.4, 0.5) is 0 Å². The molecular weight excluding hydrogens is 283 g/mol. The molecule has 2 N–H and O–H groups in total. The maximum Gasteiger partial charge on any atom is 0.0997 e. The first-order valence-corrected chi connectivity index (χ1v) is 7.00. The number of rotatable bonds is 6. The monoisotopic (exact) mass is 298 g/mol. The number of hydrogen-bond acceptors (Lipinski definition) is 3. The van der Waals surface area contributed by atoms with Gasteiger partial charge in [-0.2, -0.15) is 15.4 Å². The zero-order valence-corrected chi connectivity index (χ0v) is 12.2. The summed E-state index contributed by atoms with van der Waals surface area (Å²) < 4.78 is 0. The predicted molar refractivity (Wildman–Crippen MR) is 77.6 cm³/mol. The first-order valence-electron chi connectivity index (χ1n) is 6.24. The molecule has 2 aromatic rings. The van der Waals surface area contributed by atoms with Gasteiger partial charge in [-0.05, 0) is 37.1 Å². The van der Waals surface area contributed by atoms with E-state index >= 15 is 0 Å². The molecular formula is C13H16Cl2N4. The second-order valence-electron chi connectivity index (χ2n) is 4.31. The Kier molecular flexibility index (Phi) is 5.19. The van der Waals surface area contributed by atoms with Crippen molar-refractivity contribution >= 4 is 23.2 Å². The number of benzene rings is 1. The molecule has 0 amide bonds. The average molecular weight is 299 g/mol. The van der Waals surface area contributed by atoms with Crippen LogP contribution < -0.4 is 5.32 Å². The van der Waals surface area contributed by atoms with E-state index in [2.05, 4.69) is 27.7 Å². The quantitative estimate of drug-likeness (QED) is 0.859. The van der Waals surface area contributed by atoms with E-state index < -0.39 is 0 Å². The minimum atomic E-state index is 0.0519. The maximum atomic E-state index is 6.21. The van der Waals surface area contributed by atoms with Crippen molar-refractivity contribution in [3.05, 3.63) is 45.7 Å². The van der Waals surface area contributed by atoms with Crippen LogP contribution in [0.3, 0.4) is 0 Å². The van der Waals surface area contributed by atoms with Crippen LogP contribution in [0.2, 0.25) is 10.0 Å². The third kappa shape index (κ3) is 3.69. The van der Waals surface area contributed by atoms with Crippen molar-refractivity contribution < 1.29 is 0 Å². The van der Waals surface area contributed by atoms with Crippen LogP contribution in [-0.4, -0.2) is 22.0 Å². The van der Waals surface area contributed by atoms with Crippen molar-refractivity contribution in [2.45, 2.75) is 25.8 Å². The van der Waals surface area contributed by atoms with Crippen LogP contribution in [0.1, 0.15) is 30.6 Å². The van der Waals surface area contributed by atoms with E-state index in [1.165, 1.54) is 0 Å². The molecule has 2 rings (SSSR count). The Morgan fingerprint density at radius 2 is 2.05 bits per heavy atom. The van der Waals surface area contributed by atoms with Crippen molar-refractivity contribution in [1.29, 1.82) is 0 Å². The molecule has 0 bridgehead atoms. The normalized spacial score (nSPS) is 12.6. The number of nitrogens with one attached hydrogen (secondary N) is 2. The largest absolute Gasteiger partial charge is 0.308 e. The van der Waals surface area contributed by atoms with E-state index in [0.717, 1.165) is 24.2 Å². The number of halogens is 2. The summed E-state index contributed by atoms with van der Waals surface area (Å²) in [5, 5.41) is 15.4. The summed E-state index contributed by atoms with van der Waals surface area (Å²) in [5.41, 5.74) is 1.80. The second kappa shape index (κ2) is 6.89. The van der Waals surface area contributed by atoms with Gasteiger partial charge in [-0.1, -0.05) is 36.2 Å². The zero-order valence-electron chi connectivity index (χ0n) is 10.7. The molecule has 0 saturated carbocycles. The first-order chi connectivity index (χ1) is 9.22. The number of aromatic nitrogens is 3. The van der Waals surface area contributed by atoms with E-state index in [-0.39, 0.29) is 6.04 Å². The van der Waals surface area contributed by atoms with Crippen LogP contribution in [0.15, 0.2) is 24.4 Å². The smallest absolute Gasteiger partial charge is 0.0997 e. The highest BCUT2D eigenvalue weighted by Crippen LogP contribution is 2.28. The van der Waals surface area contributed by atoms with Gasteiger partial charge in [0.25, 0.3) is 0 Å². The molecule has 6 heteroatoms. The zero-order chi connectivity index (χ0) is 13.7.